The molecule has 4 rings (SSSR count). The fraction of sp³-hybridized carbons (Fsp3) is 0.571. The molecule has 3 heterocycles. The van der Waals surface area contributed by atoms with Crippen LogP contribution in [0.15, 0.2) is 4.79 Å². The number of fused-ring (bicyclic) bond motifs is 3. The maximum atomic E-state index is 12.8. The number of H-pyrrole nitrogens is 1. The zero-order valence-corrected chi connectivity index (χ0v) is 12.7. The van der Waals surface area contributed by atoms with Crippen molar-refractivity contribution < 1.29 is 4.74 Å². The Labute approximate surface area is 125 Å². The molecule has 2 aliphatic rings. The predicted molar refractivity (Wildman–Crippen MR) is 82.2 cm³/mol. The number of aromatic amines is 1. The van der Waals surface area contributed by atoms with Crippen LogP contribution in [0.3, 0.4) is 0 Å². The summed E-state index contributed by atoms with van der Waals surface area (Å²) in [7, 11) is 0. The van der Waals surface area contributed by atoms with Crippen LogP contribution in [0, 0.1) is 10.7 Å². The van der Waals surface area contributed by atoms with Crippen molar-refractivity contribution in [3.05, 3.63) is 25.6 Å². The van der Waals surface area contributed by atoms with Gasteiger partial charge in [0.15, 0.2) is 4.77 Å². The minimum Gasteiger partial charge on any atom is -0.381 e. The van der Waals surface area contributed by atoms with Crippen molar-refractivity contribution in [3.63, 3.8) is 0 Å². The molecule has 1 aliphatic carbocycles. The highest BCUT2D eigenvalue weighted by Gasteiger charge is 2.23. The van der Waals surface area contributed by atoms with Gasteiger partial charge < -0.3 is 9.72 Å². The number of hydrogen-bond acceptors (Lipinski definition) is 4. The molecule has 20 heavy (non-hydrogen) atoms. The number of aromatic nitrogens is 2. The van der Waals surface area contributed by atoms with E-state index in [0.29, 0.717) is 17.2 Å². The van der Waals surface area contributed by atoms with E-state index >= 15 is 0 Å². The Kier molecular flexibility index (Phi) is 3.05. The van der Waals surface area contributed by atoms with Gasteiger partial charge in [-0.1, -0.05) is 0 Å². The minimum absolute atomic E-state index is 0.0926. The van der Waals surface area contributed by atoms with Crippen LogP contribution >= 0.6 is 23.6 Å². The van der Waals surface area contributed by atoms with Crippen LogP contribution in [-0.4, -0.2) is 22.8 Å². The molecule has 1 saturated heterocycles. The third kappa shape index (κ3) is 1.89. The minimum atomic E-state index is 0.0926. The Hall–Kier alpha value is -0.980. The Bertz CT molecular complexity index is 781. The monoisotopic (exact) mass is 308 g/mol. The van der Waals surface area contributed by atoms with Crippen molar-refractivity contribution in [2.24, 2.45) is 5.92 Å². The molecule has 6 heteroatoms. The first-order valence-electron chi connectivity index (χ1n) is 7.09. The van der Waals surface area contributed by atoms with Gasteiger partial charge in [-0.15, -0.1) is 11.3 Å². The van der Waals surface area contributed by atoms with Crippen LogP contribution < -0.4 is 5.56 Å². The van der Waals surface area contributed by atoms with E-state index in [-0.39, 0.29) is 5.56 Å². The summed E-state index contributed by atoms with van der Waals surface area (Å²) in [6.45, 7) is 2.21. The molecule has 0 spiro atoms. The normalized spacial score (nSPS) is 21.7. The van der Waals surface area contributed by atoms with Gasteiger partial charge in [-0.2, -0.15) is 0 Å². The Morgan fingerprint density at radius 1 is 1.45 bits per heavy atom. The molecule has 1 N–H and O–H groups in total. The summed E-state index contributed by atoms with van der Waals surface area (Å²) in [5, 5.41) is 0.884. The van der Waals surface area contributed by atoms with E-state index in [0.717, 1.165) is 42.7 Å². The molecule has 1 aliphatic heterocycles. The molecule has 0 aromatic carbocycles. The second kappa shape index (κ2) is 4.79. The smallest absolute Gasteiger partial charge is 0.263 e. The molecule has 2 aromatic rings. The predicted octanol–water partition coefficient (Wildman–Crippen LogP) is 2.65. The Morgan fingerprint density at radius 3 is 3.15 bits per heavy atom. The van der Waals surface area contributed by atoms with Gasteiger partial charge in [0, 0.05) is 23.9 Å². The number of hydrogen-bond donors (Lipinski definition) is 1. The summed E-state index contributed by atoms with van der Waals surface area (Å²) in [5.74, 6) is 0.409. The van der Waals surface area contributed by atoms with Crippen molar-refractivity contribution in [3.8, 4) is 0 Å². The van der Waals surface area contributed by atoms with Gasteiger partial charge in [0.2, 0.25) is 0 Å². The molecule has 0 amide bonds. The van der Waals surface area contributed by atoms with Crippen LogP contribution in [0.1, 0.15) is 23.3 Å². The van der Waals surface area contributed by atoms with Crippen molar-refractivity contribution in [2.75, 3.05) is 13.2 Å². The van der Waals surface area contributed by atoms with E-state index in [1.54, 1.807) is 15.9 Å². The molecule has 4 nitrogen and oxygen atoms in total. The van der Waals surface area contributed by atoms with Crippen molar-refractivity contribution in [1.29, 1.82) is 0 Å². The van der Waals surface area contributed by atoms with E-state index in [1.165, 1.54) is 16.9 Å². The number of ether oxygens (including phenoxy) is 1. The van der Waals surface area contributed by atoms with Crippen LogP contribution in [0.2, 0.25) is 0 Å². The highest BCUT2D eigenvalue weighted by molar-refractivity contribution is 7.71. The lowest BCUT2D eigenvalue weighted by Gasteiger charge is -2.11. The van der Waals surface area contributed by atoms with Gasteiger partial charge in [-0.25, -0.2) is 0 Å². The number of thiophene rings is 1. The summed E-state index contributed by atoms with van der Waals surface area (Å²) in [5.41, 5.74) is 1.35. The first-order valence-corrected chi connectivity index (χ1v) is 8.31. The van der Waals surface area contributed by atoms with Crippen molar-refractivity contribution >= 4 is 33.8 Å². The number of nitrogens with zero attached hydrogens (tertiary/aromatic N) is 1. The van der Waals surface area contributed by atoms with Gasteiger partial charge in [-0.05, 0) is 43.5 Å². The van der Waals surface area contributed by atoms with Gasteiger partial charge in [0.05, 0.1) is 12.0 Å². The lowest BCUT2D eigenvalue weighted by atomic mass is 10.1. The molecule has 106 valence electrons. The molecule has 0 bridgehead atoms. The maximum Gasteiger partial charge on any atom is 0.263 e. The fourth-order valence-corrected chi connectivity index (χ4v) is 4.87. The summed E-state index contributed by atoms with van der Waals surface area (Å²) in [4.78, 5) is 18.4. The largest absolute Gasteiger partial charge is 0.381 e. The third-order valence-electron chi connectivity index (χ3n) is 4.31. The van der Waals surface area contributed by atoms with E-state index in [1.807, 2.05) is 0 Å². The Morgan fingerprint density at radius 2 is 2.35 bits per heavy atom. The quantitative estimate of drug-likeness (QED) is 0.868. The Balaban J connectivity index is 1.88. The van der Waals surface area contributed by atoms with Crippen LogP contribution in [0.4, 0.5) is 0 Å². The molecule has 1 fully saturated rings. The van der Waals surface area contributed by atoms with Gasteiger partial charge in [-0.3, -0.25) is 9.36 Å². The lowest BCUT2D eigenvalue weighted by Crippen LogP contribution is -2.26. The first-order chi connectivity index (χ1) is 9.74. The topological polar surface area (TPSA) is 47.0 Å². The lowest BCUT2D eigenvalue weighted by molar-refractivity contribution is 0.182. The number of nitrogens with one attached hydrogen (secondary N) is 1. The van der Waals surface area contributed by atoms with Gasteiger partial charge >= 0.3 is 0 Å². The zero-order valence-electron chi connectivity index (χ0n) is 11.1. The molecule has 1 unspecified atom stereocenters. The van der Waals surface area contributed by atoms with Crippen molar-refractivity contribution in [2.45, 2.75) is 32.2 Å². The molecule has 2 aromatic heterocycles. The highest BCUT2D eigenvalue weighted by atomic mass is 32.1. The maximum absolute atomic E-state index is 12.8. The van der Waals surface area contributed by atoms with Crippen LogP contribution in [0.25, 0.3) is 10.2 Å². The van der Waals surface area contributed by atoms with Gasteiger partial charge in [0.1, 0.15) is 4.83 Å². The summed E-state index contributed by atoms with van der Waals surface area (Å²) < 4.78 is 7.69. The van der Waals surface area contributed by atoms with E-state index in [9.17, 15) is 4.79 Å². The SMILES string of the molecule is O=c1c2c3c(sc2[nH]c(=S)n1CC1CCOC1)CCC3. The summed E-state index contributed by atoms with van der Waals surface area (Å²) in [6.07, 6.45) is 4.32. The average molecular weight is 308 g/mol. The number of rotatable bonds is 2. The molecule has 0 saturated carbocycles. The molecular weight excluding hydrogens is 292 g/mol. The number of aryl methyl sites for hydroxylation is 2. The molecule has 1 atom stereocenters. The molecular formula is C14H16N2O2S2. The van der Waals surface area contributed by atoms with E-state index in [2.05, 4.69) is 4.98 Å². The first kappa shape index (κ1) is 12.7. The third-order valence-corrected chi connectivity index (χ3v) is 5.84. The standard InChI is InChI=1S/C14H16N2O2S2/c17-13-11-9-2-1-3-10(9)20-12(11)15-14(19)16(13)6-8-4-5-18-7-8/h8H,1-7H2,(H,15,19). The summed E-state index contributed by atoms with van der Waals surface area (Å²) >= 11 is 7.09. The zero-order chi connectivity index (χ0) is 13.7. The highest BCUT2D eigenvalue weighted by Crippen LogP contribution is 2.34. The average Bonchev–Trinajstić information content (AvgIpc) is 3.09. The van der Waals surface area contributed by atoms with Gasteiger partial charge in [0.25, 0.3) is 5.56 Å². The van der Waals surface area contributed by atoms with Crippen LogP contribution in [-0.2, 0) is 24.1 Å². The van der Waals surface area contributed by atoms with Crippen LogP contribution in [0.5, 0.6) is 0 Å². The molecule has 0 radical (unpaired) electrons. The van der Waals surface area contributed by atoms with Crippen molar-refractivity contribution in [1.82, 2.24) is 9.55 Å². The van der Waals surface area contributed by atoms with E-state index < -0.39 is 0 Å². The second-order valence-electron chi connectivity index (χ2n) is 5.64. The second-order valence-corrected chi connectivity index (χ2v) is 7.13. The fourth-order valence-electron chi connectivity index (χ4n) is 3.26. The summed E-state index contributed by atoms with van der Waals surface area (Å²) in [6, 6.07) is 0. The van der Waals surface area contributed by atoms with E-state index in [4.69, 9.17) is 17.0 Å².